The minimum absolute atomic E-state index is 0.0878. The van der Waals surface area contributed by atoms with Crippen LogP contribution in [-0.4, -0.2) is 17.7 Å². The number of hydrogen-bond donors (Lipinski definition) is 1. The molecule has 3 nitrogen and oxygen atoms in total. The van der Waals surface area contributed by atoms with Crippen LogP contribution in [0.1, 0.15) is 40.0 Å². The van der Waals surface area contributed by atoms with Crippen LogP contribution in [0.2, 0.25) is 0 Å². The smallest absolute Gasteiger partial charge is 0.407 e. The van der Waals surface area contributed by atoms with Crippen LogP contribution in [-0.2, 0) is 4.74 Å². The van der Waals surface area contributed by atoms with E-state index in [1.54, 1.807) is 0 Å². The van der Waals surface area contributed by atoms with Gasteiger partial charge in [-0.3, -0.25) is 0 Å². The Balaban J connectivity index is 2.42. The molecule has 1 saturated carbocycles. The van der Waals surface area contributed by atoms with E-state index in [1.165, 1.54) is 0 Å². The van der Waals surface area contributed by atoms with Crippen LogP contribution in [0.4, 0.5) is 4.79 Å². The van der Waals surface area contributed by atoms with Crippen LogP contribution in [0.3, 0.4) is 0 Å². The van der Waals surface area contributed by atoms with Gasteiger partial charge >= 0.3 is 6.09 Å². The van der Waals surface area contributed by atoms with E-state index in [2.05, 4.69) is 11.2 Å². The molecule has 0 aromatic heterocycles. The van der Waals surface area contributed by atoms with Gasteiger partial charge in [0.15, 0.2) is 0 Å². The van der Waals surface area contributed by atoms with Gasteiger partial charge in [-0.25, -0.2) is 4.79 Å². The molecule has 15 heavy (non-hydrogen) atoms. The summed E-state index contributed by atoms with van der Waals surface area (Å²) in [7, 11) is 0. The second kappa shape index (κ2) is 4.57. The number of terminal acetylenes is 1. The quantitative estimate of drug-likeness (QED) is 0.673. The average molecular weight is 209 g/mol. The van der Waals surface area contributed by atoms with E-state index in [0.717, 1.165) is 19.3 Å². The average Bonchev–Trinajstić information content (AvgIpc) is 2.48. The van der Waals surface area contributed by atoms with E-state index in [9.17, 15) is 4.79 Å². The van der Waals surface area contributed by atoms with Gasteiger partial charge in [-0.05, 0) is 33.6 Å². The molecule has 0 saturated heterocycles. The van der Waals surface area contributed by atoms with Crippen molar-refractivity contribution in [2.24, 2.45) is 5.92 Å². The molecule has 0 aliphatic heterocycles. The molecule has 0 radical (unpaired) electrons. The third-order valence-electron chi connectivity index (χ3n) is 2.43. The van der Waals surface area contributed by atoms with Crippen LogP contribution in [0.25, 0.3) is 0 Å². The zero-order chi connectivity index (χ0) is 11.5. The fourth-order valence-electron chi connectivity index (χ4n) is 1.79. The number of alkyl carbamates (subject to hydrolysis) is 1. The fourth-order valence-corrected chi connectivity index (χ4v) is 1.79. The van der Waals surface area contributed by atoms with Crippen LogP contribution in [0.5, 0.6) is 0 Å². The first-order valence-electron chi connectivity index (χ1n) is 5.38. The SMILES string of the molecule is C#CC1CCCC1NC(=O)OC(C)(C)C. The molecule has 1 aliphatic rings. The summed E-state index contributed by atoms with van der Waals surface area (Å²) >= 11 is 0. The molecule has 0 spiro atoms. The van der Waals surface area contributed by atoms with E-state index in [1.807, 2.05) is 20.8 Å². The lowest BCUT2D eigenvalue weighted by Gasteiger charge is -2.23. The summed E-state index contributed by atoms with van der Waals surface area (Å²) in [6, 6.07) is 0.0878. The standard InChI is InChI=1S/C12H19NO2/c1-5-9-7-6-8-10(9)13-11(14)15-12(2,3)4/h1,9-10H,6-8H2,2-4H3,(H,13,14). The van der Waals surface area contributed by atoms with E-state index in [-0.39, 0.29) is 18.1 Å². The number of carbonyl (C=O) groups excluding carboxylic acids is 1. The molecular formula is C12H19NO2. The van der Waals surface area contributed by atoms with Crippen molar-refractivity contribution in [1.82, 2.24) is 5.32 Å². The highest BCUT2D eigenvalue weighted by molar-refractivity contribution is 5.68. The molecule has 1 N–H and O–H groups in total. The topological polar surface area (TPSA) is 38.3 Å². The normalized spacial score (nSPS) is 25.7. The Labute approximate surface area is 91.6 Å². The maximum Gasteiger partial charge on any atom is 0.407 e. The fraction of sp³-hybridized carbons (Fsp3) is 0.750. The Bertz CT molecular complexity index is 272. The van der Waals surface area contributed by atoms with Gasteiger partial charge in [0.25, 0.3) is 0 Å². The second-order valence-corrected chi connectivity index (χ2v) is 4.96. The van der Waals surface area contributed by atoms with E-state index in [4.69, 9.17) is 11.2 Å². The lowest BCUT2D eigenvalue weighted by molar-refractivity contribution is 0.0499. The van der Waals surface area contributed by atoms with Crippen molar-refractivity contribution in [2.75, 3.05) is 0 Å². The Morgan fingerprint density at radius 3 is 2.67 bits per heavy atom. The summed E-state index contributed by atoms with van der Waals surface area (Å²) in [4.78, 5) is 11.5. The Morgan fingerprint density at radius 1 is 1.47 bits per heavy atom. The van der Waals surface area contributed by atoms with Gasteiger partial charge in [-0.15, -0.1) is 12.3 Å². The highest BCUT2D eigenvalue weighted by Gasteiger charge is 2.28. The van der Waals surface area contributed by atoms with Gasteiger partial charge in [0.05, 0.1) is 0 Å². The molecule has 1 amide bonds. The largest absolute Gasteiger partial charge is 0.444 e. The van der Waals surface area contributed by atoms with Gasteiger partial charge < -0.3 is 10.1 Å². The summed E-state index contributed by atoms with van der Waals surface area (Å²) in [5.41, 5.74) is -0.450. The van der Waals surface area contributed by atoms with Crippen molar-refractivity contribution < 1.29 is 9.53 Å². The Morgan fingerprint density at radius 2 is 2.13 bits per heavy atom. The molecule has 2 atom stereocenters. The summed E-state index contributed by atoms with van der Waals surface area (Å²) in [5.74, 6) is 2.88. The van der Waals surface area contributed by atoms with Gasteiger partial charge in [0, 0.05) is 12.0 Å². The minimum Gasteiger partial charge on any atom is -0.444 e. The highest BCUT2D eigenvalue weighted by atomic mass is 16.6. The van der Waals surface area contributed by atoms with E-state index in [0.29, 0.717) is 0 Å². The number of rotatable bonds is 1. The van der Waals surface area contributed by atoms with Crippen molar-refractivity contribution in [3.63, 3.8) is 0 Å². The Hall–Kier alpha value is -1.17. The zero-order valence-electron chi connectivity index (χ0n) is 9.67. The molecule has 0 aromatic carbocycles. The molecule has 3 heteroatoms. The minimum atomic E-state index is -0.450. The predicted molar refractivity (Wildman–Crippen MR) is 59.3 cm³/mol. The van der Waals surface area contributed by atoms with Crippen LogP contribution in [0, 0.1) is 18.3 Å². The lowest BCUT2D eigenvalue weighted by atomic mass is 10.1. The van der Waals surface area contributed by atoms with Crippen molar-refractivity contribution in [3.05, 3.63) is 0 Å². The molecule has 84 valence electrons. The van der Waals surface area contributed by atoms with Gasteiger partial charge in [-0.1, -0.05) is 6.42 Å². The van der Waals surface area contributed by atoms with Gasteiger partial charge in [-0.2, -0.15) is 0 Å². The lowest BCUT2D eigenvalue weighted by Crippen LogP contribution is -2.40. The molecule has 0 heterocycles. The number of carbonyl (C=O) groups is 1. The number of ether oxygens (including phenoxy) is 1. The summed E-state index contributed by atoms with van der Waals surface area (Å²) in [5, 5.41) is 2.83. The van der Waals surface area contributed by atoms with Crippen LogP contribution in [0.15, 0.2) is 0 Å². The predicted octanol–water partition coefficient (Wildman–Crippen LogP) is 2.31. The first kappa shape index (κ1) is 11.9. The number of hydrogen-bond acceptors (Lipinski definition) is 2. The first-order valence-corrected chi connectivity index (χ1v) is 5.38. The molecule has 0 bridgehead atoms. The summed E-state index contributed by atoms with van der Waals surface area (Å²) in [6.45, 7) is 5.54. The molecular weight excluding hydrogens is 190 g/mol. The summed E-state index contributed by atoms with van der Waals surface area (Å²) < 4.78 is 5.17. The van der Waals surface area contributed by atoms with E-state index < -0.39 is 5.60 Å². The summed E-state index contributed by atoms with van der Waals surface area (Å²) in [6.07, 6.45) is 8.05. The van der Waals surface area contributed by atoms with Crippen molar-refractivity contribution in [1.29, 1.82) is 0 Å². The monoisotopic (exact) mass is 209 g/mol. The molecule has 1 fully saturated rings. The molecule has 1 aliphatic carbocycles. The number of amides is 1. The maximum atomic E-state index is 11.5. The van der Waals surface area contributed by atoms with Crippen molar-refractivity contribution in [3.8, 4) is 12.3 Å². The molecule has 1 rings (SSSR count). The second-order valence-electron chi connectivity index (χ2n) is 4.96. The van der Waals surface area contributed by atoms with Crippen molar-refractivity contribution >= 4 is 6.09 Å². The van der Waals surface area contributed by atoms with Crippen molar-refractivity contribution in [2.45, 2.75) is 51.7 Å². The van der Waals surface area contributed by atoms with Crippen LogP contribution >= 0.6 is 0 Å². The van der Waals surface area contributed by atoms with Gasteiger partial charge in [0.2, 0.25) is 0 Å². The Kier molecular flexibility index (Phi) is 3.62. The third kappa shape index (κ3) is 3.83. The molecule has 0 aromatic rings. The number of nitrogens with one attached hydrogen (secondary N) is 1. The van der Waals surface area contributed by atoms with Gasteiger partial charge in [0.1, 0.15) is 5.60 Å². The molecule has 2 unspecified atom stereocenters. The van der Waals surface area contributed by atoms with E-state index >= 15 is 0 Å². The highest BCUT2D eigenvalue weighted by Crippen LogP contribution is 2.25. The first-order chi connectivity index (χ1) is 6.92. The third-order valence-corrected chi connectivity index (χ3v) is 2.43. The zero-order valence-corrected chi connectivity index (χ0v) is 9.67. The van der Waals surface area contributed by atoms with Crippen LogP contribution < -0.4 is 5.32 Å². The maximum absolute atomic E-state index is 11.5.